The SMILES string of the molecule is Cc1cccc(C)c1NC(=O)CN(C)C(=O)C1CC(=O)N(C2CCCC2)C1. The molecule has 6 heteroatoms. The minimum atomic E-state index is -0.337. The van der Waals surface area contributed by atoms with Crippen LogP contribution < -0.4 is 5.32 Å². The summed E-state index contributed by atoms with van der Waals surface area (Å²) < 4.78 is 0. The molecule has 1 heterocycles. The van der Waals surface area contributed by atoms with Gasteiger partial charge in [0.05, 0.1) is 12.5 Å². The van der Waals surface area contributed by atoms with Crippen LogP contribution in [0, 0.1) is 19.8 Å². The molecule has 1 saturated carbocycles. The van der Waals surface area contributed by atoms with Crippen LogP contribution in [-0.2, 0) is 14.4 Å². The van der Waals surface area contributed by atoms with Crippen molar-refractivity contribution in [2.75, 3.05) is 25.5 Å². The number of carbonyl (C=O) groups is 3. The fraction of sp³-hybridized carbons (Fsp3) is 0.571. The van der Waals surface area contributed by atoms with Crippen molar-refractivity contribution >= 4 is 23.4 Å². The van der Waals surface area contributed by atoms with Crippen LogP contribution >= 0.6 is 0 Å². The molecule has 1 aliphatic heterocycles. The Morgan fingerprint density at radius 1 is 1.19 bits per heavy atom. The topological polar surface area (TPSA) is 69.7 Å². The Kier molecular flexibility index (Phi) is 5.82. The number of rotatable bonds is 5. The Balaban J connectivity index is 1.56. The fourth-order valence-corrected chi connectivity index (χ4v) is 4.26. The van der Waals surface area contributed by atoms with Crippen LogP contribution in [-0.4, -0.2) is 53.7 Å². The van der Waals surface area contributed by atoms with Crippen molar-refractivity contribution in [3.8, 4) is 0 Å². The van der Waals surface area contributed by atoms with Gasteiger partial charge in [0.15, 0.2) is 0 Å². The molecule has 146 valence electrons. The standard InChI is InChI=1S/C21H29N3O3/c1-14-7-6-8-15(2)20(14)22-18(25)13-23(3)21(27)16-11-19(26)24(12-16)17-9-4-5-10-17/h6-8,16-17H,4-5,9-13H2,1-3H3,(H,22,25). The number of likely N-dealkylation sites (N-methyl/N-ethyl adjacent to an activating group) is 1. The van der Waals surface area contributed by atoms with Gasteiger partial charge >= 0.3 is 0 Å². The number of para-hydroxylation sites is 1. The van der Waals surface area contributed by atoms with Gasteiger partial charge in [-0.3, -0.25) is 14.4 Å². The van der Waals surface area contributed by atoms with E-state index in [2.05, 4.69) is 5.32 Å². The molecule has 1 atom stereocenters. The fourth-order valence-electron chi connectivity index (χ4n) is 4.26. The number of nitrogens with one attached hydrogen (secondary N) is 1. The number of carbonyl (C=O) groups excluding carboxylic acids is 3. The monoisotopic (exact) mass is 371 g/mol. The quantitative estimate of drug-likeness (QED) is 0.864. The lowest BCUT2D eigenvalue weighted by atomic mass is 10.1. The summed E-state index contributed by atoms with van der Waals surface area (Å²) in [6, 6.07) is 6.13. The van der Waals surface area contributed by atoms with Crippen LogP contribution in [0.5, 0.6) is 0 Å². The van der Waals surface area contributed by atoms with E-state index >= 15 is 0 Å². The molecular weight excluding hydrogens is 342 g/mol. The first-order valence-corrected chi connectivity index (χ1v) is 9.77. The van der Waals surface area contributed by atoms with Gasteiger partial charge in [-0.1, -0.05) is 31.0 Å². The van der Waals surface area contributed by atoms with E-state index in [0.29, 0.717) is 12.6 Å². The zero-order valence-corrected chi connectivity index (χ0v) is 16.5. The average molecular weight is 371 g/mol. The smallest absolute Gasteiger partial charge is 0.243 e. The third-order valence-electron chi connectivity index (χ3n) is 5.78. The first kappa shape index (κ1) is 19.4. The summed E-state index contributed by atoms with van der Waals surface area (Å²) >= 11 is 0. The predicted octanol–water partition coefficient (Wildman–Crippen LogP) is 2.49. The summed E-state index contributed by atoms with van der Waals surface area (Å²) in [4.78, 5) is 40.8. The van der Waals surface area contributed by atoms with Gasteiger partial charge in [0, 0.05) is 31.7 Å². The molecule has 0 spiro atoms. The molecule has 1 N–H and O–H groups in total. The van der Waals surface area contributed by atoms with Crippen LogP contribution in [0.15, 0.2) is 18.2 Å². The number of benzene rings is 1. The number of hydrogen-bond donors (Lipinski definition) is 1. The lowest BCUT2D eigenvalue weighted by Gasteiger charge is -2.25. The van der Waals surface area contributed by atoms with E-state index in [0.717, 1.165) is 42.5 Å². The zero-order chi connectivity index (χ0) is 19.6. The Morgan fingerprint density at radius 3 is 2.44 bits per heavy atom. The van der Waals surface area contributed by atoms with Crippen molar-refractivity contribution in [1.29, 1.82) is 0 Å². The first-order valence-electron chi connectivity index (χ1n) is 9.77. The van der Waals surface area contributed by atoms with Gasteiger partial charge in [0.2, 0.25) is 17.7 Å². The van der Waals surface area contributed by atoms with E-state index in [1.54, 1.807) is 7.05 Å². The molecule has 0 aromatic heterocycles. The van der Waals surface area contributed by atoms with Gasteiger partial charge < -0.3 is 15.1 Å². The highest BCUT2D eigenvalue weighted by Crippen LogP contribution is 2.30. The Bertz CT molecular complexity index is 720. The summed E-state index contributed by atoms with van der Waals surface area (Å²) in [5.74, 6) is -0.606. The lowest BCUT2D eigenvalue weighted by molar-refractivity contribution is -0.137. The van der Waals surface area contributed by atoms with E-state index in [4.69, 9.17) is 0 Å². The molecule has 1 aromatic carbocycles. The van der Waals surface area contributed by atoms with E-state index in [-0.39, 0.29) is 36.6 Å². The van der Waals surface area contributed by atoms with E-state index in [9.17, 15) is 14.4 Å². The van der Waals surface area contributed by atoms with Gasteiger partial charge in [-0.15, -0.1) is 0 Å². The van der Waals surface area contributed by atoms with Crippen molar-refractivity contribution < 1.29 is 14.4 Å². The Hall–Kier alpha value is -2.37. The molecule has 3 rings (SSSR count). The summed E-state index contributed by atoms with van der Waals surface area (Å²) in [6.45, 7) is 4.37. The summed E-state index contributed by atoms with van der Waals surface area (Å²) in [7, 11) is 1.63. The van der Waals surface area contributed by atoms with Gasteiger partial charge in [-0.2, -0.15) is 0 Å². The Labute approximate surface area is 160 Å². The zero-order valence-electron chi connectivity index (χ0n) is 16.5. The number of aryl methyl sites for hydroxylation is 2. The van der Waals surface area contributed by atoms with Gasteiger partial charge in [-0.25, -0.2) is 0 Å². The molecule has 0 bridgehead atoms. The molecule has 2 aliphatic rings. The second-order valence-corrected chi connectivity index (χ2v) is 7.89. The highest BCUT2D eigenvalue weighted by atomic mass is 16.2. The third-order valence-corrected chi connectivity index (χ3v) is 5.78. The number of hydrogen-bond acceptors (Lipinski definition) is 3. The number of nitrogens with zero attached hydrogens (tertiary/aromatic N) is 2. The third kappa shape index (κ3) is 4.31. The second-order valence-electron chi connectivity index (χ2n) is 7.89. The van der Waals surface area contributed by atoms with Crippen molar-refractivity contribution in [2.45, 2.75) is 52.0 Å². The molecule has 1 aliphatic carbocycles. The van der Waals surface area contributed by atoms with Crippen molar-refractivity contribution in [1.82, 2.24) is 9.80 Å². The van der Waals surface area contributed by atoms with Crippen molar-refractivity contribution in [3.63, 3.8) is 0 Å². The minimum Gasteiger partial charge on any atom is -0.339 e. The predicted molar refractivity (Wildman–Crippen MR) is 104 cm³/mol. The first-order chi connectivity index (χ1) is 12.9. The maximum atomic E-state index is 12.7. The van der Waals surface area contributed by atoms with Gasteiger partial charge in [-0.05, 0) is 37.8 Å². The molecule has 3 amide bonds. The average Bonchev–Trinajstić information content (AvgIpc) is 3.27. The highest BCUT2D eigenvalue weighted by Gasteiger charge is 2.39. The molecule has 27 heavy (non-hydrogen) atoms. The van der Waals surface area contributed by atoms with E-state index in [1.807, 2.05) is 36.9 Å². The van der Waals surface area contributed by atoms with Crippen LogP contribution in [0.4, 0.5) is 5.69 Å². The molecular formula is C21H29N3O3. The normalized spacial score (nSPS) is 20.2. The van der Waals surface area contributed by atoms with Gasteiger partial charge in [0.25, 0.3) is 0 Å². The van der Waals surface area contributed by atoms with E-state index < -0.39 is 0 Å². The maximum Gasteiger partial charge on any atom is 0.243 e. The summed E-state index contributed by atoms with van der Waals surface area (Å²) in [5, 5.41) is 2.91. The number of likely N-dealkylation sites (tertiary alicyclic amines) is 1. The van der Waals surface area contributed by atoms with Crippen LogP contribution in [0.1, 0.15) is 43.2 Å². The van der Waals surface area contributed by atoms with Crippen molar-refractivity contribution in [2.24, 2.45) is 5.92 Å². The van der Waals surface area contributed by atoms with Gasteiger partial charge in [0.1, 0.15) is 0 Å². The van der Waals surface area contributed by atoms with Crippen molar-refractivity contribution in [3.05, 3.63) is 29.3 Å². The maximum absolute atomic E-state index is 12.7. The van der Waals surface area contributed by atoms with Crippen LogP contribution in [0.2, 0.25) is 0 Å². The summed E-state index contributed by atoms with van der Waals surface area (Å²) in [5.41, 5.74) is 2.78. The second kappa shape index (κ2) is 8.11. The molecule has 1 saturated heterocycles. The number of amides is 3. The van der Waals surface area contributed by atoms with E-state index in [1.165, 1.54) is 4.90 Å². The highest BCUT2D eigenvalue weighted by molar-refractivity contribution is 5.97. The molecule has 2 fully saturated rings. The van der Waals surface area contributed by atoms with Crippen LogP contribution in [0.3, 0.4) is 0 Å². The molecule has 0 radical (unpaired) electrons. The van der Waals surface area contributed by atoms with Crippen LogP contribution in [0.25, 0.3) is 0 Å². The summed E-state index contributed by atoms with van der Waals surface area (Å²) in [6.07, 6.45) is 4.66. The molecule has 1 aromatic rings. The molecule has 1 unspecified atom stereocenters. The Morgan fingerprint density at radius 2 is 1.81 bits per heavy atom. The number of anilines is 1. The largest absolute Gasteiger partial charge is 0.339 e. The minimum absolute atomic E-state index is 0.0132. The molecule has 6 nitrogen and oxygen atoms in total. The lowest BCUT2D eigenvalue weighted by Crippen LogP contribution is -2.40.